The van der Waals surface area contributed by atoms with E-state index < -0.39 is 0 Å². The minimum Gasteiger partial charge on any atom is -0.266 e. The molecule has 0 saturated carbocycles. The van der Waals surface area contributed by atoms with E-state index in [1.165, 1.54) is 5.57 Å². The Kier molecular flexibility index (Phi) is 1.93. The van der Waals surface area contributed by atoms with E-state index in [1.54, 1.807) is 4.90 Å². The second-order valence-electron chi connectivity index (χ2n) is 3.98. The van der Waals surface area contributed by atoms with Gasteiger partial charge in [-0.2, -0.15) is 0 Å². The molecule has 0 saturated heterocycles. The molecule has 1 amide bonds. The summed E-state index contributed by atoms with van der Waals surface area (Å²) >= 11 is 0. The summed E-state index contributed by atoms with van der Waals surface area (Å²) in [6.07, 6.45) is 0. The molecule has 3 nitrogen and oxygen atoms in total. The van der Waals surface area contributed by atoms with Crippen molar-refractivity contribution < 1.29 is 4.79 Å². The van der Waals surface area contributed by atoms with Gasteiger partial charge in [-0.15, -0.1) is 0 Å². The van der Waals surface area contributed by atoms with Crippen molar-refractivity contribution in [2.24, 2.45) is 4.99 Å². The highest BCUT2D eigenvalue weighted by molar-refractivity contribution is 6.20. The highest BCUT2D eigenvalue weighted by Gasteiger charge is 2.35. The van der Waals surface area contributed by atoms with Gasteiger partial charge in [-0.3, -0.25) is 9.69 Å². The van der Waals surface area contributed by atoms with Crippen LogP contribution in [-0.2, 0) is 4.79 Å². The predicted molar refractivity (Wildman–Crippen MR) is 60.2 cm³/mol. The van der Waals surface area contributed by atoms with Gasteiger partial charge in [-0.25, -0.2) is 4.99 Å². The summed E-state index contributed by atoms with van der Waals surface area (Å²) in [7, 11) is 0. The average Bonchev–Trinajstić information content (AvgIpc) is 2.50. The van der Waals surface area contributed by atoms with Crippen molar-refractivity contribution in [1.82, 2.24) is 4.90 Å². The van der Waals surface area contributed by atoms with Crippen LogP contribution in [0.1, 0.15) is 27.7 Å². The molecule has 0 aromatic rings. The third-order valence-electron chi connectivity index (χ3n) is 3.24. The highest BCUT2D eigenvalue weighted by atomic mass is 16.2. The molecule has 0 unspecified atom stereocenters. The molecule has 0 aliphatic carbocycles. The topological polar surface area (TPSA) is 32.7 Å². The molecular formula is C12H14N2O. The number of aliphatic imine (C=N–C) groups is 1. The first-order chi connectivity index (χ1) is 6.95. The van der Waals surface area contributed by atoms with E-state index in [4.69, 9.17) is 0 Å². The van der Waals surface area contributed by atoms with Gasteiger partial charge in [0, 0.05) is 5.70 Å². The van der Waals surface area contributed by atoms with Crippen LogP contribution in [0.15, 0.2) is 39.7 Å². The van der Waals surface area contributed by atoms with E-state index in [0.717, 1.165) is 22.7 Å². The summed E-state index contributed by atoms with van der Waals surface area (Å²) < 4.78 is 0. The first-order valence-electron chi connectivity index (χ1n) is 4.93. The van der Waals surface area contributed by atoms with Crippen molar-refractivity contribution in [3.05, 3.63) is 34.7 Å². The molecule has 2 heterocycles. The van der Waals surface area contributed by atoms with Crippen molar-refractivity contribution in [1.29, 1.82) is 0 Å². The van der Waals surface area contributed by atoms with Gasteiger partial charge in [0.05, 0.1) is 0 Å². The van der Waals surface area contributed by atoms with Gasteiger partial charge in [-0.1, -0.05) is 6.58 Å². The maximum atomic E-state index is 11.8. The lowest BCUT2D eigenvalue weighted by atomic mass is 9.96. The fraction of sp³-hybridized carbons (Fsp3) is 0.333. The Bertz CT molecular complexity index is 478. The Balaban J connectivity index is 2.68. The number of hydrogen-bond acceptors (Lipinski definition) is 2. The maximum absolute atomic E-state index is 11.8. The number of carbonyl (C=O) groups excluding carboxylic acids is 1. The molecule has 0 spiro atoms. The molecule has 15 heavy (non-hydrogen) atoms. The summed E-state index contributed by atoms with van der Waals surface area (Å²) in [5, 5.41) is 0. The molecule has 2 aliphatic heterocycles. The van der Waals surface area contributed by atoms with Crippen molar-refractivity contribution in [3.63, 3.8) is 0 Å². The van der Waals surface area contributed by atoms with Gasteiger partial charge in [0.25, 0.3) is 5.91 Å². The van der Waals surface area contributed by atoms with E-state index in [0.29, 0.717) is 5.70 Å². The maximum Gasteiger partial charge on any atom is 0.281 e. The normalized spacial score (nSPS) is 21.3. The summed E-state index contributed by atoms with van der Waals surface area (Å²) in [4.78, 5) is 17.7. The van der Waals surface area contributed by atoms with Crippen LogP contribution in [0, 0.1) is 0 Å². The molecule has 0 atom stereocenters. The van der Waals surface area contributed by atoms with Crippen LogP contribution in [-0.4, -0.2) is 16.6 Å². The molecule has 0 fully saturated rings. The molecule has 0 bridgehead atoms. The van der Waals surface area contributed by atoms with Gasteiger partial charge >= 0.3 is 0 Å². The summed E-state index contributed by atoms with van der Waals surface area (Å²) in [5.41, 5.74) is 4.69. The van der Waals surface area contributed by atoms with E-state index in [-0.39, 0.29) is 5.91 Å². The number of amidine groups is 1. The van der Waals surface area contributed by atoms with Gasteiger partial charge in [0.15, 0.2) is 0 Å². The zero-order valence-corrected chi connectivity index (χ0v) is 9.51. The number of allylic oxidation sites excluding steroid dienone is 3. The van der Waals surface area contributed by atoms with Gasteiger partial charge in [-0.05, 0) is 44.4 Å². The Labute approximate surface area is 89.5 Å². The van der Waals surface area contributed by atoms with Gasteiger partial charge in [0.2, 0.25) is 0 Å². The lowest BCUT2D eigenvalue weighted by molar-refractivity contribution is -0.121. The summed E-state index contributed by atoms with van der Waals surface area (Å²) in [6.45, 7) is 11.7. The van der Waals surface area contributed by atoms with Crippen LogP contribution < -0.4 is 0 Å². The van der Waals surface area contributed by atoms with Crippen LogP contribution in [0.2, 0.25) is 0 Å². The minimum atomic E-state index is -0.103. The van der Waals surface area contributed by atoms with Gasteiger partial charge in [0.1, 0.15) is 11.5 Å². The highest BCUT2D eigenvalue weighted by Crippen LogP contribution is 2.33. The molecule has 0 radical (unpaired) electrons. The van der Waals surface area contributed by atoms with Crippen molar-refractivity contribution in [3.8, 4) is 0 Å². The molecule has 78 valence electrons. The lowest BCUT2D eigenvalue weighted by Crippen LogP contribution is -2.34. The van der Waals surface area contributed by atoms with Crippen molar-refractivity contribution >= 4 is 11.7 Å². The third kappa shape index (κ3) is 1.12. The molecule has 0 aromatic carbocycles. The van der Waals surface area contributed by atoms with E-state index in [9.17, 15) is 4.79 Å². The lowest BCUT2D eigenvalue weighted by Gasteiger charge is -2.27. The second-order valence-corrected chi connectivity index (χ2v) is 3.98. The summed E-state index contributed by atoms with van der Waals surface area (Å²) in [6, 6.07) is 0. The SMILES string of the molecule is C=C1N=C2C(C)=C(C)C(C)=C(C)N2C1=O. The smallest absolute Gasteiger partial charge is 0.266 e. The third-order valence-corrected chi connectivity index (χ3v) is 3.24. The second kappa shape index (κ2) is 2.92. The van der Waals surface area contributed by atoms with Crippen LogP contribution in [0.5, 0.6) is 0 Å². The Hall–Kier alpha value is -1.64. The van der Waals surface area contributed by atoms with Crippen LogP contribution in [0.4, 0.5) is 0 Å². The van der Waals surface area contributed by atoms with Crippen LogP contribution in [0.3, 0.4) is 0 Å². The monoisotopic (exact) mass is 202 g/mol. The number of fused-ring (bicyclic) bond motifs is 1. The number of amides is 1. The summed E-state index contributed by atoms with van der Waals surface area (Å²) in [5.74, 6) is 0.638. The molecule has 0 N–H and O–H groups in total. The fourth-order valence-corrected chi connectivity index (χ4v) is 1.90. The van der Waals surface area contributed by atoms with Crippen molar-refractivity contribution in [2.75, 3.05) is 0 Å². The Morgan fingerprint density at radius 1 is 1.07 bits per heavy atom. The molecule has 2 rings (SSSR count). The quantitative estimate of drug-likeness (QED) is 0.555. The minimum absolute atomic E-state index is 0.103. The largest absolute Gasteiger partial charge is 0.281 e. The zero-order valence-electron chi connectivity index (χ0n) is 9.51. The fourth-order valence-electron chi connectivity index (χ4n) is 1.90. The molecule has 3 heteroatoms. The van der Waals surface area contributed by atoms with E-state index in [2.05, 4.69) is 18.5 Å². The van der Waals surface area contributed by atoms with Crippen molar-refractivity contribution in [2.45, 2.75) is 27.7 Å². The first kappa shape index (κ1) is 9.90. The number of rotatable bonds is 0. The Morgan fingerprint density at radius 2 is 1.67 bits per heavy atom. The number of carbonyl (C=O) groups is 1. The van der Waals surface area contributed by atoms with Crippen LogP contribution >= 0.6 is 0 Å². The Morgan fingerprint density at radius 3 is 2.27 bits per heavy atom. The molecule has 0 aromatic heterocycles. The standard InChI is InChI=1S/C12H14N2O/c1-6-7(2)10(5)14-11(8(6)3)13-9(4)12(14)15/h4H2,1-3,5H3. The predicted octanol–water partition coefficient (Wildman–Crippen LogP) is 2.38. The average molecular weight is 202 g/mol. The van der Waals surface area contributed by atoms with Gasteiger partial charge < -0.3 is 0 Å². The van der Waals surface area contributed by atoms with E-state index in [1.807, 2.05) is 20.8 Å². The number of nitrogens with zero attached hydrogens (tertiary/aromatic N) is 2. The first-order valence-corrected chi connectivity index (χ1v) is 4.93. The number of hydrogen-bond donors (Lipinski definition) is 0. The zero-order chi connectivity index (χ0) is 11.3. The van der Waals surface area contributed by atoms with Crippen LogP contribution in [0.25, 0.3) is 0 Å². The molecular weight excluding hydrogens is 188 g/mol. The van der Waals surface area contributed by atoms with E-state index >= 15 is 0 Å². The molecule has 2 aliphatic rings.